The van der Waals surface area contributed by atoms with E-state index >= 15 is 0 Å². The summed E-state index contributed by atoms with van der Waals surface area (Å²) in [6, 6.07) is 11.8. The second kappa shape index (κ2) is 11.0. The molecule has 33 heavy (non-hydrogen) atoms. The van der Waals surface area contributed by atoms with Crippen molar-refractivity contribution >= 4 is 29.3 Å². The largest absolute Gasteiger partial charge is 0.483 e. The van der Waals surface area contributed by atoms with Crippen LogP contribution >= 0.6 is 11.8 Å². The Balaban J connectivity index is 1.47. The number of hydrogen-bond donors (Lipinski definition) is 2. The highest BCUT2D eigenvalue weighted by Crippen LogP contribution is 2.22. The summed E-state index contributed by atoms with van der Waals surface area (Å²) in [5.41, 5.74) is 4.94. The third kappa shape index (κ3) is 6.82. The Morgan fingerprint density at radius 3 is 2.33 bits per heavy atom. The molecule has 1 heterocycles. The number of anilines is 1. The molecule has 0 aliphatic heterocycles. The number of rotatable bonds is 9. The molecule has 8 nitrogen and oxygen atoms in total. The van der Waals surface area contributed by atoms with Crippen LogP contribution in [0.1, 0.15) is 28.1 Å². The lowest BCUT2D eigenvalue weighted by atomic mass is 10.1. The summed E-state index contributed by atoms with van der Waals surface area (Å²) in [5, 5.41) is 14.6. The Kier molecular flexibility index (Phi) is 8.11. The van der Waals surface area contributed by atoms with Crippen molar-refractivity contribution in [3.05, 3.63) is 64.5 Å². The Hall–Kier alpha value is -3.33. The Bertz CT molecular complexity index is 1120. The number of ether oxygens (including phenoxy) is 1. The van der Waals surface area contributed by atoms with Gasteiger partial charge in [-0.1, -0.05) is 36.0 Å². The van der Waals surface area contributed by atoms with Gasteiger partial charge in [0.2, 0.25) is 5.91 Å². The lowest BCUT2D eigenvalue weighted by Gasteiger charge is -2.12. The van der Waals surface area contributed by atoms with E-state index < -0.39 is 0 Å². The third-order valence-corrected chi connectivity index (χ3v) is 5.98. The second-order valence-electron chi connectivity index (χ2n) is 7.96. The van der Waals surface area contributed by atoms with E-state index in [1.54, 1.807) is 11.6 Å². The number of nitrogens with zero attached hydrogens (tertiary/aromatic N) is 3. The van der Waals surface area contributed by atoms with Gasteiger partial charge in [0.15, 0.2) is 17.6 Å². The number of thioether (sulfide) groups is 1. The molecule has 3 rings (SSSR count). The molecule has 0 saturated carbocycles. The second-order valence-corrected chi connectivity index (χ2v) is 8.90. The molecule has 9 heteroatoms. The highest BCUT2D eigenvalue weighted by molar-refractivity contribution is 7.99. The van der Waals surface area contributed by atoms with Crippen LogP contribution in [0, 0.1) is 27.7 Å². The first kappa shape index (κ1) is 24.3. The maximum Gasteiger partial charge on any atom is 0.258 e. The Morgan fingerprint density at radius 1 is 1.00 bits per heavy atom. The molecular formula is C24H29N5O3S. The van der Waals surface area contributed by atoms with E-state index in [0.717, 1.165) is 33.7 Å². The van der Waals surface area contributed by atoms with Crippen LogP contribution in [0.4, 0.5) is 5.69 Å². The van der Waals surface area contributed by atoms with Crippen molar-refractivity contribution in [1.29, 1.82) is 0 Å². The summed E-state index contributed by atoms with van der Waals surface area (Å²) in [6.07, 6.45) is 0. The van der Waals surface area contributed by atoms with Crippen molar-refractivity contribution in [2.75, 3.05) is 17.7 Å². The van der Waals surface area contributed by atoms with Gasteiger partial charge in [0.05, 0.1) is 12.3 Å². The quantitative estimate of drug-likeness (QED) is 0.468. The molecule has 0 aliphatic rings. The van der Waals surface area contributed by atoms with E-state index in [9.17, 15) is 9.59 Å². The number of aromatic nitrogens is 3. The summed E-state index contributed by atoms with van der Waals surface area (Å²) in [7, 11) is 1.80. The van der Waals surface area contributed by atoms with Gasteiger partial charge in [-0.25, -0.2) is 0 Å². The lowest BCUT2D eigenvalue weighted by molar-refractivity contribution is -0.123. The summed E-state index contributed by atoms with van der Waals surface area (Å²) in [5.74, 6) is 1.15. The molecule has 0 bridgehead atoms. The molecule has 174 valence electrons. The van der Waals surface area contributed by atoms with Crippen LogP contribution in [0.2, 0.25) is 0 Å². The Labute approximate surface area is 198 Å². The smallest absolute Gasteiger partial charge is 0.258 e. The van der Waals surface area contributed by atoms with Crippen molar-refractivity contribution < 1.29 is 14.3 Å². The molecule has 1 aromatic heterocycles. The van der Waals surface area contributed by atoms with Crippen LogP contribution in [0.3, 0.4) is 0 Å². The van der Waals surface area contributed by atoms with Gasteiger partial charge in [0, 0.05) is 12.7 Å². The molecule has 0 unspecified atom stereocenters. The van der Waals surface area contributed by atoms with E-state index in [-0.39, 0.29) is 30.7 Å². The minimum atomic E-state index is -0.248. The number of amides is 2. The van der Waals surface area contributed by atoms with Crippen LogP contribution < -0.4 is 15.4 Å². The first-order chi connectivity index (χ1) is 15.7. The van der Waals surface area contributed by atoms with E-state index in [1.165, 1.54) is 11.8 Å². The summed E-state index contributed by atoms with van der Waals surface area (Å²) >= 11 is 1.29. The van der Waals surface area contributed by atoms with Gasteiger partial charge >= 0.3 is 0 Å². The molecule has 0 aliphatic carbocycles. The molecule has 0 saturated heterocycles. The fourth-order valence-corrected chi connectivity index (χ4v) is 4.12. The topological polar surface area (TPSA) is 98.1 Å². The average Bonchev–Trinajstić information content (AvgIpc) is 3.09. The highest BCUT2D eigenvalue weighted by atomic mass is 32.2. The minimum Gasteiger partial charge on any atom is -0.483 e. The fourth-order valence-electron chi connectivity index (χ4n) is 3.39. The van der Waals surface area contributed by atoms with Gasteiger partial charge in [-0.05, 0) is 62.1 Å². The van der Waals surface area contributed by atoms with E-state index in [2.05, 4.69) is 26.9 Å². The number of carbonyl (C=O) groups excluding carboxylic acids is 2. The van der Waals surface area contributed by atoms with Gasteiger partial charge < -0.3 is 19.9 Å². The maximum absolute atomic E-state index is 12.3. The molecule has 0 spiro atoms. The zero-order chi connectivity index (χ0) is 24.0. The zero-order valence-electron chi connectivity index (χ0n) is 19.6. The standard InChI is InChI=1S/C24H29N5O3S/c1-15-9-16(2)11-19(10-15)26-22(31)14-33-24-28-27-20(29(24)5)12-25-21(30)13-32-23-17(3)7-6-8-18(23)4/h6-11H,12-14H2,1-5H3,(H,25,30)(H,26,31). The molecule has 0 atom stereocenters. The van der Waals surface area contributed by atoms with Crippen molar-refractivity contribution in [1.82, 2.24) is 20.1 Å². The van der Waals surface area contributed by atoms with E-state index in [0.29, 0.717) is 11.0 Å². The lowest BCUT2D eigenvalue weighted by Crippen LogP contribution is -2.29. The van der Waals surface area contributed by atoms with Gasteiger partial charge in [-0.2, -0.15) is 0 Å². The molecule has 0 fully saturated rings. The van der Waals surface area contributed by atoms with Gasteiger partial charge in [-0.3, -0.25) is 9.59 Å². The molecular weight excluding hydrogens is 438 g/mol. The minimum absolute atomic E-state index is 0.0796. The number of nitrogens with one attached hydrogen (secondary N) is 2. The van der Waals surface area contributed by atoms with Crippen molar-refractivity contribution in [3.8, 4) is 5.75 Å². The SMILES string of the molecule is Cc1cc(C)cc(NC(=O)CSc2nnc(CNC(=O)COc3c(C)cccc3C)n2C)c1. The predicted octanol–water partition coefficient (Wildman–Crippen LogP) is 3.47. The number of aryl methyl sites for hydroxylation is 4. The summed E-state index contributed by atoms with van der Waals surface area (Å²) < 4.78 is 7.44. The molecule has 0 radical (unpaired) electrons. The van der Waals surface area contributed by atoms with E-state index in [1.807, 2.05) is 58.0 Å². The van der Waals surface area contributed by atoms with Crippen LogP contribution in [0.25, 0.3) is 0 Å². The summed E-state index contributed by atoms with van der Waals surface area (Å²) in [4.78, 5) is 24.5. The monoisotopic (exact) mass is 467 g/mol. The van der Waals surface area contributed by atoms with E-state index in [4.69, 9.17) is 4.74 Å². The first-order valence-electron chi connectivity index (χ1n) is 10.6. The third-order valence-electron chi connectivity index (χ3n) is 4.96. The van der Waals surface area contributed by atoms with Crippen molar-refractivity contribution in [3.63, 3.8) is 0 Å². The summed E-state index contributed by atoms with van der Waals surface area (Å²) in [6.45, 7) is 8.01. The van der Waals surface area contributed by atoms with Crippen LogP contribution in [0.5, 0.6) is 5.75 Å². The first-order valence-corrected chi connectivity index (χ1v) is 11.6. The Morgan fingerprint density at radius 2 is 1.67 bits per heavy atom. The maximum atomic E-state index is 12.3. The van der Waals surface area contributed by atoms with Crippen LogP contribution in [-0.2, 0) is 23.2 Å². The number of hydrogen-bond acceptors (Lipinski definition) is 6. The fraction of sp³-hybridized carbons (Fsp3) is 0.333. The molecule has 2 amide bonds. The van der Waals surface area contributed by atoms with Gasteiger partial charge in [0.25, 0.3) is 5.91 Å². The van der Waals surface area contributed by atoms with Crippen LogP contribution in [0.15, 0.2) is 41.6 Å². The number of benzene rings is 2. The van der Waals surface area contributed by atoms with Gasteiger partial charge in [0.1, 0.15) is 5.75 Å². The number of carbonyl (C=O) groups is 2. The number of para-hydroxylation sites is 1. The van der Waals surface area contributed by atoms with Gasteiger partial charge in [-0.15, -0.1) is 10.2 Å². The highest BCUT2D eigenvalue weighted by Gasteiger charge is 2.13. The molecule has 3 aromatic rings. The normalized spacial score (nSPS) is 10.7. The molecule has 2 aromatic carbocycles. The predicted molar refractivity (Wildman–Crippen MR) is 130 cm³/mol. The zero-order valence-corrected chi connectivity index (χ0v) is 20.4. The van der Waals surface area contributed by atoms with Crippen molar-refractivity contribution in [2.45, 2.75) is 39.4 Å². The van der Waals surface area contributed by atoms with Crippen molar-refractivity contribution in [2.24, 2.45) is 7.05 Å². The average molecular weight is 468 g/mol. The molecule has 2 N–H and O–H groups in total. The van der Waals surface area contributed by atoms with Crippen LogP contribution in [-0.4, -0.2) is 38.9 Å².